The number of amides is 2. The van der Waals surface area contributed by atoms with E-state index in [2.05, 4.69) is 31.0 Å². The number of nitrogens with zero attached hydrogens (tertiary/aromatic N) is 2. The molecule has 1 aliphatic heterocycles. The van der Waals surface area contributed by atoms with Gasteiger partial charge in [0.05, 0.1) is 36.2 Å². The Balaban J connectivity index is 1.35. The fourth-order valence-corrected chi connectivity index (χ4v) is 4.27. The fourth-order valence-electron chi connectivity index (χ4n) is 4.27. The fraction of sp³-hybridized carbons (Fsp3) is 0.250. The molecule has 34 heavy (non-hydrogen) atoms. The van der Waals surface area contributed by atoms with Crippen LogP contribution >= 0.6 is 0 Å². The molecule has 3 aromatic rings. The number of hydrogen-bond donors (Lipinski definition) is 4. The third-order valence-electron chi connectivity index (χ3n) is 5.99. The number of aromatic nitrogens is 2. The lowest BCUT2D eigenvalue weighted by atomic mass is 10.1. The van der Waals surface area contributed by atoms with Gasteiger partial charge in [0.25, 0.3) is 5.91 Å². The molecular weight excluding hydrogens is 436 g/mol. The number of H-pyrrole nitrogens is 1. The van der Waals surface area contributed by atoms with Gasteiger partial charge in [-0.15, -0.1) is 0 Å². The van der Waals surface area contributed by atoms with Crippen molar-refractivity contribution >= 4 is 29.1 Å². The van der Waals surface area contributed by atoms with Crippen molar-refractivity contribution in [2.45, 2.75) is 0 Å². The predicted octanol–water partition coefficient (Wildman–Crippen LogP) is 1.73. The highest BCUT2D eigenvalue weighted by Crippen LogP contribution is 2.42. The molecule has 2 amide bonds. The highest BCUT2D eigenvalue weighted by Gasteiger charge is 2.35. The molecule has 4 N–H and O–H groups in total. The van der Waals surface area contributed by atoms with Crippen LogP contribution in [-0.4, -0.2) is 72.5 Å². The van der Waals surface area contributed by atoms with Gasteiger partial charge < -0.3 is 20.7 Å². The Morgan fingerprint density at radius 2 is 1.82 bits per heavy atom. The van der Waals surface area contributed by atoms with E-state index in [4.69, 9.17) is 4.74 Å². The topological polar surface area (TPSA) is 128 Å². The summed E-state index contributed by atoms with van der Waals surface area (Å²) in [6.07, 6.45) is 0. The van der Waals surface area contributed by atoms with Crippen LogP contribution in [0.15, 0.2) is 42.5 Å². The van der Waals surface area contributed by atoms with Crippen LogP contribution in [0.5, 0.6) is 5.75 Å². The molecule has 10 nitrogen and oxygen atoms in total. The van der Waals surface area contributed by atoms with Crippen LogP contribution in [0.4, 0.5) is 11.5 Å². The van der Waals surface area contributed by atoms with Crippen LogP contribution in [0, 0.1) is 0 Å². The molecule has 2 aliphatic rings. The smallest absolute Gasteiger partial charge is 0.256 e. The number of benzene rings is 2. The standard InChI is InChI=1S/C24H24N6O4/c1-34-15-7-5-14(6-8-15)24(33)27-23-20-21(28-29-23)16-3-2-4-17(19(16)22(20)32)26-18(31)13-30-11-9-25-10-12-30/h2-8,25H,9-13H2,1H3,(H,26,31)(H2,27,28,29,33). The lowest BCUT2D eigenvalue weighted by Crippen LogP contribution is -2.46. The molecule has 10 heteroatoms. The number of piperazine rings is 1. The Morgan fingerprint density at radius 3 is 2.56 bits per heavy atom. The molecule has 0 spiro atoms. The third kappa shape index (κ3) is 4.04. The summed E-state index contributed by atoms with van der Waals surface area (Å²) in [6, 6.07) is 11.9. The van der Waals surface area contributed by atoms with Gasteiger partial charge in [0.15, 0.2) is 5.82 Å². The number of carbonyl (C=O) groups excluding carboxylic acids is 3. The lowest BCUT2D eigenvalue weighted by Gasteiger charge is -2.26. The number of fused-ring (bicyclic) bond motifs is 3. The molecule has 0 saturated carbocycles. The van der Waals surface area contributed by atoms with Crippen molar-refractivity contribution in [1.29, 1.82) is 0 Å². The van der Waals surface area contributed by atoms with E-state index in [0.29, 0.717) is 33.8 Å². The molecule has 5 rings (SSSR count). The van der Waals surface area contributed by atoms with Gasteiger partial charge >= 0.3 is 0 Å². The molecule has 1 fully saturated rings. The first-order chi connectivity index (χ1) is 16.5. The van der Waals surface area contributed by atoms with Crippen LogP contribution in [0.1, 0.15) is 26.3 Å². The second kappa shape index (κ2) is 9.08. The zero-order chi connectivity index (χ0) is 23.7. The second-order valence-corrected chi connectivity index (χ2v) is 8.14. The molecular formula is C24H24N6O4. The Kier molecular flexibility index (Phi) is 5.83. The number of carbonyl (C=O) groups is 3. The van der Waals surface area contributed by atoms with Crippen molar-refractivity contribution < 1.29 is 19.1 Å². The quantitative estimate of drug-likeness (QED) is 0.345. The number of aromatic amines is 1. The number of rotatable bonds is 6. The summed E-state index contributed by atoms with van der Waals surface area (Å²) >= 11 is 0. The third-order valence-corrected chi connectivity index (χ3v) is 5.99. The second-order valence-electron chi connectivity index (χ2n) is 8.14. The van der Waals surface area contributed by atoms with E-state index in [1.54, 1.807) is 49.6 Å². The normalized spacial score (nSPS) is 14.9. The summed E-state index contributed by atoms with van der Waals surface area (Å²) in [4.78, 5) is 40.8. The molecule has 1 aromatic heterocycles. The highest BCUT2D eigenvalue weighted by molar-refractivity contribution is 6.27. The zero-order valence-corrected chi connectivity index (χ0v) is 18.6. The van der Waals surface area contributed by atoms with E-state index < -0.39 is 5.91 Å². The minimum Gasteiger partial charge on any atom is -0.497 e. The molecule has 0 atom stereocenters. The molecule has 0 radical (unpaired) electrons. The number of hydrogen-bond acceptors (Lipinski definition) is 7. The highest BCUT2D eigenvalue weighted by atomic mass is 16.5. The molecule has 0 unspecified atom stereocenters. The molecule has 174 valence electrons. The Morgan fingerprint density at radius 1 is 1.06 bits per heavy atom. The summed E-state index contributed by atoms with van der Waals surface area (Å²) in [7, 11) is 1.55. The van der Waals surface area contributed by atoms with Gasteiger partial charge in [-0.3, -0.25) is 24.4 Å². The van der Waals surface area contributed by atoms with E-state index in [9.17, 15) is 14.4 Å². The van der Waals surface area contributed by atoms with Gasteiger partial charge in [0.2, 0.25) is 11.7 Å². The van der Waals surface area contributed by atoms with Gasteiger partial charge in [0.1, 0.15) is 5.75 Å². The zero-order valence-electron chi connectivity index (χ0n) is 18.6. The lowest BCUT2D eigenvalue weighted by molar-refractivity contribution is -0.117. The number of methoxy groups -OCH3 is 1. The van der Waals surface area contributed by atoms with Gasteiger partial charge in [-0.1, -0.05) is 12.1 Å². The predicted molar refractivity (Wildman–Crippen MR) is 126 cm³/mol. The maximum atomic E-state index is 13.4. The summed E-state index contributed by atoms with van der Waals surface area (Å²) < 4.78 is 5.12. The monoisotopic (exact) mass is 460 g/mol. The van der Waals surface area contributed by atoms with E-state index in [0.717, 1.165) is 26.2 Å². The van der Waals surface area contributed by atoms with E-state index >= 15 is 0 Å². The van der Waals surface area contributed by atoms with Gasteiger partial charge in [0, 0.05) is 37.3 Å². The molecule has 2 heterocycles. The first-order valence-corrected chi connectivity index (χ1v) is 11.0. The van der Waals surface area contributed by atoms with Crippen molar-refractivity contribution in [3.63, 3.8) is 0 Å². The Labute approximate surface area is 195 Å². The van der Waals surface area contributed by atoms with Crippen LogP contribution in [-0.2, 0) is 4.79 Å². The first-order valence-electron chi connectivity index (χ1n) is 11.0. The molecule has 1 saturated heterocycles. The van der Waals surface area contributed by atoms with Gasteiger partial charge in [-0.05, 0) is 30.3 Å². The summed E-state index contributed by atoms with van der Waals surface area (Å²) in [5.41, 5.74) is 2.67. The molecule has 1 aliphatic carbocycles. The largest absolute Gasteiger partial charge is 0.497 e. The first kappa shape index (κ1) is 21.8. The van der Waals surface area contributed by atoms with Crippen LogP contribution in [0.2, 0.25) is 0 Å². The number of nitrogens with one attached hydrogen (secondary N) is 4. The van der Waals surface area contributed by atoms with E-state index in [-0.39, 0.29) is 29.6 Å². The van der Waals surface area contributed by atoms with Crippen LogP contribution in [0.3, 0.4) is 0 Å². The number of ketones is 1. The van der Waals surface area contributed by atoms with Gasteiger partial charge in [-0.25, -0.2) is 0 Å². The van der Waals surface area contributed by atoms with Crippen molar-refractivity contribution in [3.05, 3.63) is 59.2 Å². The van der Waals surface area contributed by atoms with Crippen LogP contribution < -0.4 is 20.7 Å². The average molecular weight is 460 g/mol. The SMILES string of the molecule is COc1ccc(C(=O)Nc2n[nH]c3c2C(=O)c2c(NC(=O)CN4CCNCC4)cccc2-3)cc1. The van der Waals surface area contributed by atoms with Crippen molar-refractivity contribution in [2.75, 3.05) is 50.5 Å². The summed E-state index contributed by atoms with van der Waals surface area (Å²) in [5.74, 6) is -0.0959. The van der Waals surface area contributed by atoms with Crippen molar-refractivity contribution in [3.8, 4) is 17.0 Å². The Bertz CT molecular complexity index is 1260. The van der Waals surface area contributed by atoms with Crippen LogP contribution in [0.25, 0.3) is 11.3 Å². The molecule has 2 aromatic carbocycles. The molecule has 0 bridgehead atoms. The van der Waals surface area contributed by atoms with E-state index in [1.807, 2.05) is 0 Å². The Hall–Kier alpha value is -4.02. The van der Waals surface area contributed by atoms with E-state index in [1.165, 1.54) is 0 Å². The van der Waals surface area contributed by atoms with Crippen molar-refractivity contribution in [2.24, 2.45) is 0 Å². The maximum absolute atomic E-state index is 13.4. The van der Waals surface area contributed by atoms with Crippen molar-refractivity contribution in [1.82, 2.24) is 20.4 Å². The number of anilines is 2. The summed E-state index contributed by atoms with van der Waals surface area (Å²) in [6.45, 7) is 3.55. The minimum atomic E-state index is -0.398. The van der Waals surface area contributed by atoms with Gasteiger partial charge in [-0.2, -0.15) is 5.10 Å². The number of ether oxygens (including phenoxy) is 1. The minimum absolute atomic E-state index is 0.148. The average Bonchev–Trinajstić information content (AvgIpc) is 3.39. The summed E-state index contributed by atoms with van der Waals surface area (Å²) in [5, 5.41) is 15.9. The maximum Gasteiger partial charge on any atom is 0.256 e.